The van der Waals surface area contributed by atoms with Crippen LogP contribution in [0.15, 0.2) is 36.4 Å². The zero-order valence-corrected chi connectivity index (χ0v) is 16.9. The van der Waals surface area contributed by atoms with Gasteiger partial charge in [0, 0.05) is 30.8 Å². The molecule has 3 aromatic rings. The van der Waals surface area contributed by atoms with Crippen LogP contribution in [0.3, 0.4) is 0 Å². The second-order valence-corrected chi connectivity index (χ2v) is 7.83. The van der Waals surface area contributed by atoms with Crippen molar-refractivity contribution in [3.05, 3.63) is 47.8 Å². The highest BCUT2D eigenvalue weighted by atomic mass is 19.4. The summed E-state index contributed by atoms with van der Waals surface area (Å²) >= 11 is 0. The normalized spacial score (nSPS) is 18.2. The average molecular weight is 447 g/mol. The summed E-state index contributed by atoms with van der Waals surface area (Å²) in [5, 5.41) is 0. The Morgan fingerprint density at radius 2 is 2.03 bits per heavy atom. The van der Waals surface area contributed by atoms with Crippen LogP contribution in [-0.4, -0.2) is 47.3 Å². The van der Waals surface area contributed by atoms with Gasteiger partial charge in [-0.25, -0.2) is 4.98 Å². The van der Waals surface area contributed by atoms with Gasteiger partial charge in [0.15, 0.2) is 18.1 Å². The van der Waals surface area contributed by atoms with Gasteiger partial charge in [0.1, 0.15) is 11.4 Å². The van der Waals surface area contributed by atoms with Gasteiger partial charge >= 0.3 is 6.18 Å². The lowest BCUT2D eigenvalue weighted by Gasteiger charge is -2.32. The largest absolute Gasteiger partial charge is 0.484 e. The number of carbonyl (C=O) groups excluding carboxylic acids is 1. The zero-order chi connectivity index (χ0) is 22.3. The molecule has 4 heterocycles. The summed E-state index contributed by atoms with van der Waals surface area (Å²) < 4.78 is 55.0. The third-order valence-corrected chi connectivity index (χ3v) is 5.71. The van der Waals surface area contributed by atoms with E-state index in [0.717, 1.165) is 24.6 Å². The maximum absolute atomic E-state index is 12.9. The minimum Gasteiger partial charge on any atom is -0.484 e. The number of hydrogen-bond acceptors (Lipinski definition) is 5. The molecule has 1 amide bonds. The first-order valence-corrected chi connectivity index (χ1v) is 10.2. The number of pyridine rings is 1. The Hall–Kier alpha value is -3.43. The lowest BCUT2D eigenvalue weighted by molar-refractivity contribution is -0.141. The number of ether oxygens (including phenoxy) is 3. The van der Waals surface area contributed by atoms with E-state index in [0.29, 0.717) is 35.9 Å². The van der Waals surface area contributed by atoms with Gasteiger partial charge in [-0.15, -0.1) is 0 Å². The number of rotatable bonds is 4. The van der Waals surface area contributed by atoms with Gasteiger partial charge in [0.2, 0.25) is 6.79 Å². The lowest BCUT2D eigenvalue weighted by atomic mass is 9.95. The van der Waals surface area contributed by atoms with Crippen molar-refractivity contribution >= 4 is 16.9 Å². The Labute approximate surface area is 181 Å². The van der Waals surface area contributed by atoms with Crippen LogP contribution in [0.5, 0.6) is 17.2 Å². The molecule has 1 N–H and O–H groups in total. The molecule has 168 valence electrons. The monoisotopic (exact) mass is 447 g/mol. The number of aromatic nitrogens is 2. The molecule has 1 unspecified atom stereocenters. The Morgan fingerprint density at radius 1 is 1.19 bits per heavy atom. The molecule has 7 nitrogen and oxygen atoms in total. The fourth-order valence-electron chi connectivity index (χ4n) is 4.07. The molecule has 0 saturated carbocycles. The summed E-state index contributed by atoms with van der Waals surface area (Å²) in [6.07, 6.45) is -2.87. The molecule has 1 saturated heterocycles. The van der Waals surface area contributed by atoms with Crippen molar-refractivity contribution in [3.63, 3.8) is 0 Å². The summed E-state index contributed by atoms with van der Waals surface area (Å²) in [4.78, 5) is 21.3. The first-order valence-electron chi connectivity index (χ1n) is 10.2. The number of piperidine rings is 1. The first-order chi connectivity index (χ1) is 15.4. The minimum atomic E-state index is -4.49. The Kier molecular flexibility index (Phi) is 5.07. The summed E-state index contributed by atoms with van der Waals surface area (Å²) in [7, 11) is 0. The number of carbonyl (C=O) groups is 1. The van der Waals surface area contributed by atoms with E-state index in [4.69, 9.17) is 14.2 Å². The summed E-state index contributed by atoms with van der Waals surface area (Å²) in [5.41, 5.74) is 0.671. The highest BCUT2D eigenvalue weighted by molar-refractivity contribution is 5.78. The standard InChI is InChI=1S/C22H20F3N3O4/c23-22(24,25)20-6-4-15-17(27-20)9-16(26-15)13-2-1-7-28(10-13)21(29)11-30-14-3-5-18-19(8-14)32-12-31-18/h3-6,8-9,13,26H,1-2,7,10-12H2. The van der Waals surface area contributed by atoms with Crippen molar-refractivity contribution in [3.8, 4) is 17.2 Å². The SMILES string of the molecule is O=C(COc1ccc2c(c1)OCO2)N1CCCC(c2cc3nc(C(F)(F)F)ccc3[nH]2)C1. The maximum Gasteiger partial charge on any atom is 0.433 e. The minimum absolute atomic E-state index is 0.0122. The van der Waals surface area contributed by atoms with Gasteiger partial charge in [-0.05, 0) is 43.2 Å². The van der Waals surface area contributed by atoms with E-state index < -0.39 is 11.9 Å². The van der Waals surface area contributed by atoms with E-state index in [1.165, 1.54) is 6.07 Å². The molecule has 10 heteroatoms. The third kappa shape index (κ3) is 4.04. The number of amides is 1. The van der Waals surface area contributed by atoms with Gasteiger partial charge < -0.3 is 24.1 Å². The van der Waals surface area contributed by atoms with E-state index >= 15 is 0 Å². The predicted molar refractivity (Wildman–Crippen MR) is 108 cm³/mol. The van der Waals surface area contributed by atoms with Gasteiger partial charge in [-0.3, -0.25) is 4.79 Å². The topological polar surface area (TPSA) is 76.7 Å². The third-order valence-electron chi connectivity index (χ3n) is 5.71. The van der Waals surface area contributed by atoms with E-state index in [2.05, 4.69) is 9.97 Å². The smallest absolute Gasteiger partial charge is 0.433 e. The van der Waals surface area contributed by atoms with Crippen molar-refractivity contribution < 1.29 is 32.2 Å². The van der Waals surface area contributed by atoms with Gasteiger partial charge in [0.05, 0.1) is 11.0 Å². The van der Waals surface area contributed by atoms with Crippen LogP contribution in [0.25, 0.3) is 11.0 Å². The molecule has 1 fully saturated rings. The highest BCUT2D eigenvalue weighted by Crippen LogP contribution is 2.35. The number of H-pyrrole nitrogens is 1. The van der Waals surface area contributed by atoms with Crippen LogP contribution in [0.1, 0.15) is 30.1 Å². The van der Waals surface area contributed by atoms with Crippen molar-refractivity contribution in [1.29, 1.82) is 0 Å². The predicted octanol–water partition coefficient (Wildman–Crippen LogP) is 4.10. The van der Waals surface area contributed by atoms with Crippen LogP contribution < -0.4 is 14.2 Å². The lowest BCUT2D eigenvalue weighted by Crippen LogP contribution is -2.41. The summed E-state index contributed by atoms with van der Waals surface area (Å²) in [5.74, 6) is 1.56. The van der Waals surface area contributed by atoms with Crippen molar-refractivity contribution in [1.82, 2.24) is 14.9 Å². The number of nitrogens with one attached hydrogen (secondary N) is 1. The van der Waals surface area contributed by atoms with Crippen molar-refractivity contribution in [2.45, 2.75) is 24.9 Å². The van der Waals surface area contributed by atoms with E-state index in [1.54, 1.807) is 29.2 Å². The number of aromatic amines is 1. The molecule has 0 aliphatic carbocycles. The van der Waals surface area contributed by atoms with Crippen molar-refractivity contribution in [2.24, 2.45) is 0 Å². The number of alkyl halides is 3. The van der Waals surface area contributed by atoms with Gasteiger partial charge in [-0.2, -0.15) is 13.2 Å². The molecule has 2 aliphatic heterocycles. The molecule has 0 radical (unpaired) electrons. The van der Waals surface area contributed by atoms with Crippen LogP contribution in [-0.2, 0) is 11.0 Å². The Balaban J connectivity index is 1.24. The molecule has 2 aliphatic rings. The first kappa shape index (κ1) is 20.5. The Morgan fingerprint density at radius 3 is 2.88 bits per heavy atom. The number of likely N-dealkylation sites (tertiary alicyclic amines) is 1. The molecular weight excluding hydrogens is 427 g/mol. The molecule has 5 rings (SSSR count). The van der Waals surface area contributed by atoms with Crippen LogP contribution in [0.2, 0.25) is 0 Å². The summed E-state index contributed by atoms with van der Waals surface area (Å²) in [6, 6.07) is 9.12. The molecule has 32 heavy (non-hydrogen) atoms. The summed E-state index contributed by atoms with van der Waals surface area (Å²) in [6.45, 7) is 1.11. The molecule has 2 aromatic heterocycles. The number of fused-ring (bicyclic) bond motifs is 2. The quantitative estimate of drug-likeness (QED) is 0.652. The fourth-order valence-corrected chi connectivity index (χ4v) is 4.07. The van der Waals surface area contributed by atoms with Gasteiger partial charge in [-0.1, -0.05) is 0 Å². The van der Waals surface area contributed by atoms with Gasteiger partial charge in [0.25, 0.3) is 5.91 Å². The second kappa shape index (κ2) is 7.92. The molecule has 1 atom stereocenters. The van der Waals surface area contributed by atoms with Crippen LogP contribution in [0, 0.1) is 0 Å². The highest BCUT2D eigenvalue weighted by Gasteiger charge is 2.33. The van der Waals surface area contributed by atoms with Crippen LogP contribution in [0.4, 0.5) is 13.2 Å². The zero-order valence-electron chi connectivity index (χ0n) is 16.9. The maximum atomic E-state index is 12.9. The molecule has 1 aromatic carbocycles. The number of hydrogen-bond donors (Lipinski definition) is 1. The van der Waals surface area contributed by atoms with Crippen LogP contribution >= 0.6 is 0 Å². The average Bonchev–Trinajstić information content (AvgIpc) is 3.42. The van der Waals surface area contributed by atoms with E-state index in [9.17, 15) is 18.0 Å². The molecule has 0 bridgehead atoms. The van der Waals surface area contributed by atoms with Crippen molar-refractivity contribution in [2.75, 3.05) is 26.5 Å². The molecular formula is C22H20F3N3O4. The number of benzene rings is 1. The number of halogens is 3. The van der Waals surface area contributed by atoms with E-state index in [-0.39, 0.29) is 30.7 Å². The Bertz CT molecular complexity index is 1160. The molecule has 0 spiro atoms. The number of nitrogens with zero attached hydrogens (tertiary/aromatic N) is 2. The second-order valence-electron chi connectivity index (χ2n) is 7.83. The fraction of sp³-hybridized carbons (Fsp3) is 0.364. The van der Waals surface area contributed by atoms with E-state index in [1.807, 2.05) is 0 Å².